The number of rotatable bonds is 3. The standard InChI is InChI=1S/C13H18Cl2N2O/c1-2-17-5-6-18-12(8-16)13(17)10-7-9(14)3-4-11(10)15/h3-4,7,12-13H,2,5-6,8,16H2,1H3. The molecule has 18 heavy (non-hydrogen) atoms. The fourth-order valence-electron chi connectivity index (χ4n) is 2.48. The topological polar surface area (TPSA) is 38.5 Å². The normalized spacial score (nSPS) is 25.3. The Hall–Kier alpha value is -0.320. The molecule has 2 atom stereocenters. The highest BCUT2D eigenvalue weighted by Gasteiger charge is 2.33. The van der Waals surface area contributed by atoms with Crippen LogP contribution in [0.4, 0.5) is 0 Å². The van der Waals surface area contributed by atoms with Gasteiger partial charge in [-0.1, -0.05) is 30.1 Å². The van der Waals surface area contributed by atoms with Crippen molar-refractivity contribution in [2.45, 2.75) is 19.1 Å². The molecule has 2 rings (SSSR count). The average Bonchev–Trinajstić information content (AvgIpc) is 2.40. The van der Waals surface area contributed by atoms with Crippen LogP contribution in [0, 0.1) is 0 Å². The zero-order valence-corrected chi connectivity index (χ0v) is 11.9. The van der Waals surface area contributed by atoms with Gasteiger partial charge in [-0.3, -0.25) is 4.90 Å². The summed E-state index contributed by atoms with van der Waals surface area (Å²) >= 11 is 12.4. The third-order valence-corrected chi connectivity index (χ3v) is 3.95. The van der Waals surface area contributed by atoms with Crippen molar-refractivity contribution >= 4 is 23.2 Å². The van der Waals surface area contributed by atoms with Crippen LogP contribution in [0.3, 0.4) is 0 Å². The molecule has 2 N–H and O–H groups in total. The number of nitrogens with zero attached hydrogens (tertiary/aromatic N) is 1. The number of nitrogens with two attached hydrogens (primary N) is 1. The summed E-state index contributed by atoms with van der Waals surface area (Å²) in [6.45, 7) is 5.15. The van der Waals surface area contributed by atoms with Gasteiger partial charge in [-0.05, 0) is 30.3 Å². The Kier molecular flexibility index (Phi) is 4.87. The molecule has 1 heterocycles. The van der Waals surface area contributed by atoms with E-state index in [1.807, 2.05) is 12.1 Å². The van der Waals surface area contributed by atoms with E-state index < -0.39 is 0 Å². The van der Waals surface area contributed by atoms with Crippen molar-refractivity contribution in [1.29, 1.82) is 0 Å². The van der Waals surface area contributed by atoms with Gasteiger partial charge in [0.1, 0.15) is 0 Å². The van der Waals surface area contributed by atoms with Gasteiger partial charge in [0.15, 0.2) is 0 Å². The first kappa shape index (κ1) is 14.1. The lowest BCUT2D eigenvalue weighted by Gasteiger charge is -2.41. The molecule has 0 aromatic heterocycles. The molecule has 1 aromatic rings. The third kappa shape index (κ3) is 2.81. The first-order chi connectivity index (χ1) is 8.67. The second-order valence-corrected chi connectivity index (χ2v) is 5.23. The van der Waals surface area contributed by atoms with E-state index in [0.717, 1.165) is 18.7 Å². The molecule has 1 aliphatic heterocycles. The van der Waals surface area contributed by atoms with Gasteiger partial charge < -0.3 is 10.5 Å². The monoisotopic (exact) mass is 288 g/mol. The second kappa shape index (κ2) is 6.22. The summed E-state index contributed by atoms with van der Waals surface area (Å²) in [6, 6.07) is 5.62. The molecule has 0 saturated carbocycles. The van der Waals surface area contributed by atoms with Crippen LogP contribution >= 0.6 is 23.2 Å². The SMILES string of the molecule is CCN1CCOC(CN)C1c1cc(Cl)ccc1Cl. The number of morpholine rings is 1. The van der Waals surface area contributed by atoms with Crippen LogP contribution in [0.5, 0.6) is 0 Å². The number of hydrogen-bond donors (Lipinski definition) is 1. The number of halogens is 2. The van der Waals surface area contributed by atoms with Gasteiger partial charge in [0, 0.05) is 23.1 Å². The predicted octanol–water partition coefficient (Wildman–Crippen LogP) is 2.71. The lowest BCUT2D eigenvalue weighted by molar-refractivity contribution is -0.0657. The van der Waals surface area contributed by atoms with E-state index >= 15 is 0 Å². The number of benzene rings is 1. The number of ether oxygens (including phenoxy) is 1. The van der Waals surface area contributed by atoms with E-state index in [0.29, 0.717) is 23.2 Å². The molecule has 0 aliphatic carbocycles. The van der Waals surface area contributed by atoms with E-state index in [2.05, 4.69) is 11.8 Å². The van der Waals surface area contributed by atoms with Gasteiger partial charge in [0.05, 0.1) is 18.8 Å². The predicted molar refractivity (Wildman–Crippen MR) is 75.2 cm³/mol. The average molecular weight is 289 g/mol. The van der Waals surface area contributed by atoms with Gasteiger partial charge in [-0.2, -0.15) is 0 Å². The summed E-state index contributed by atoms with van der Waals surface area (Å²) in [7, 11) is 0. The molecular formula is C13H18Cl2N2O. The van der Waals surface area contributed by atoms with Crippen LogP contribution in [0.15, 0.2) is 18.2 Å². The van der Waals surface area contributed by atoms with Crippen molar-refractivity contribution in [3.8, 4) is 0 Å². The maximum atomic E-state index is 6.29. The highest BCUT2D eigenvalue weighted by Crippen LogP contribution is 2.34. The zero-order chi connectivity index (χ0) is 13.1. The van der Waals surface area contributed by atoms with Crippen molar-refractivity contribution in [1.82, 2.24) is 4.90 Å². The van der Waals surface area contributed by atoms with Gasteiger partial charge in [-0.15, -0.1) is 0 Å². The van der Waals surface area contributed by atoms with E-state index in [4.69, 9.17) is 33.7 Å². The Morgan fingerprint density at radius 3 is 2.89 bits per heavy atom. The molecule has 0 spiro atoms. The van der Waals surface area contributed by atoms with E-state index in [-0.39, 0.29) is 12.1 Å². The molecule has 0 bridgehead atoms. The van der Waals surface area contributed by atoms with Crippen LogP contribution in [0.25, 0.3) is 0 Å². The molecule has 5 heteroatoms. The van der Waals surface area contributed by atoms with Gasteiger partial charge in [-0.25, -0.2) is 0 Å². The Labute approximate surface area is 118 Å². The molecule has 0 radical (unpaired) electrons. The van der Waals surface area contributed by atoms with Crippen molar-refractivity contribution < 1.29 is 4.74 Å². The maximum Gasteiger partial charge on any atom is 0.0894 e. The van der Waals surface area contributed by atoms with Crippen LogP contribution < -0.4 is 5.73 Å². The van der Waals surface area contributed by atoms with E-state index in [9.17, 15) is 0 Å². The van der Waals surface area contributed by atoms with Crippen LogP contribution in [-0.2, 0) is 4.74 Å². The highest BCUT2D eigenvalue weighted by atomic mass is 35.5. The molecule has 1 aromatic carbocycles. The number of hydrogen-bond acceptors (Lipinski definition) is 3. The minimum absolute atomic E-state index is 0.0327. The van der Waals surface area contributed by atoms with Gasteiger partial charge in [0.2, 0.25) is 0 Å². The minimum Gasteiger partial charge on any atom is -0.374 e. The first-order valence-electron chi connectivity index (χ1n) is 6.18. The Morgan fingerprint density at radius 1 is 1.44 bits per heavy atom. The summed E-state index contributed by atoms with van der Waals surface area (Å²) in [5, 5.41) is 1.40. The largest absolute Gasteiger partial charge is 0.374 e. The van der Waals surface area contributed by atoms with E-state index in [1.54, 1.807) is 6.07 Å². The quantitative estimate of drug-likeness (QED) is 0.930. The fourth-order valence-corrected chi connectivity index (χ4v) is 2.89. The summed E-state index contributed by atoms with van der Waals surface area (Å²) in [4.78, 5) is 2.33. The molecule has 100 valence electrons. The molecule has 2 unspecified atom stereocenters. The number of likely N-dealkylation sites (N-methyl/N-ethyl adjacent to an activating group) is 1. The fraction of sp³-hybridized carbons (Fsp3) is 0.538. The summed E-state index contributed by atoms with van der Waals surface area (Å²) < 4.78 is 5.75. The zero-order valence-electron chi connectivity index (χ0n) is 10.4. The lowest BCUT2D eigenvalue weighted by Crippen LogP contribution is -2.48. The summed E-state index contributed by atoms with van der Waals surface area (Å²) in [6.07, 6.45) is -0.0327. The smallest absolute Gasteiger partial charge is 0.0894 e. The molecule has 1 saturated heterocycles. The van der Waals surface area contributed by atoms with Crippen molar-refractivity contribution in [2.75, 3.05) is 26.2 Å². The lowest BCUT2D eigenvalue weighted by atomic mass is 9.98. The third-order valence-electron chi connectivity index (χ3n) is 3.37. The summed E-state index contributed by atoms with van der Waals surface area (Å²) in [5.74, 6) is 0. The van der Waals surface area contributed by atoms with E-state index in [1.165, 1.54) is 0 Å². The highest BCUT2D eigenvalue weighted by molar-refractivity contribution is 6.33. The van der Waals surface area contributed by atoms with Crippen LogP contribution in [0.1, 0.15) is 18.5 Å². The van der Waals surface area contributed by atoms with Gasteiger partial charge >= 0.3 is 0 Å². The van der Waals surface area contributed by atoms with Crippen molar-refractivity contribution in [3.63, 3.8) is 0 Å². The Morgan fingerprint density at radius 2 is 2.22 bits per heavy atom. The van der Waals surface area contributed by atoms with Gasteiger partial charge in [0.25, 0.3) is 0 Å². The van der Waals surface area contributed by atoms with Crippen LogP contribution in [0.2, 0.25) is 10.0 Å². The molecular weight excluding hydrogens is 271 g/mol. The van der Waals surface area contributed by atoms with Crippen molar-refractivity contribution in [2.24, 2.45) is 5.73 Å². The Balaban J connectivity index is 2.38. The molecule has 1 fully saturated rings. The van der Waals surface area contributed by atoms with Crippen LogP contribution in [-0.4, -0.2) is 37.2 Å². The molecule has 1 aliphatic rings. The second-order valence-electron chi connectivity index (χ2n) is 4.38. The molecule has 3 nitrogen and oxygen atoms in total. The minimum atomic E-state index is -0.0327. The summed E-state index contributed by atoms with van der Waals surface area (Å²) in [5.41, 5.74) is 6.81. The maximum absolute atomic E-state index is 6.29. The Bertz CT molecular complexity index is 402. The first-order valence-corrected chi connectivity index (χ1v) is 6.93. The molecule has 0 amide bonds. The van der Waals surface area contributed by atoms with Crippen molar-refractivity contribution in [3.05, 3.63) is 33.8 Å².